The molecule has 0 saturated carbocycles. The van der Waals surface area contributed by atoms with Gasteiger partial charge in [-0.15, -0.1) is 0 Å². The summed E-state index contributed by atoms with van der Waals surface area (Å²) in [5, 5.41) is 4.65. The van der Waals surface area contributed by atoms with Crippen LogP contribution in [0.15, 0.2) is 15.6 Å². The van der Waals surface area contributed by atoms with Crippen LogP contribution < -0.4 is 5.14 Å². The highest BCUT2D eigenvalue weighted by molar-refractivity contribution is 7.89. The molecule has 1 rings (SSSR count). The van der Waals surface area contributed by atoms with Gasteiger partial charge in [-0.1, -0.05) is 0 Å². The van der Waals surface area contributed by atoms with Crippen LogP contribution in [0, 0.1) is 6.92 Å². The lowest BCUT2D eigenvalue weighted by atomic mass is 10.3. The van der Waals surface area contributed by atoms with Gasteiger partial charge in [-0.05, 0) is 12.5 Å². The van der Waals surface area contributed by atoms with Crippen molar-refractivity contribution in [3.05, 3.63) is 17.4 Å². The zero-order valence-corrected chi connectivity index (χ0v) is 8.22. The predicted molar refractivity (Wildman–Crippen MR) is 45.5 cm³/mol. The summed E-state index contributed by atoms with van der Waals surface area (Å²) in [5.74, 6) is 0.478. The number of methoxy groups -OCH3 is 1. The van der Waals surface area contributed by atoms with Gasteiger partial charge in [-0.25, -0.2) is 13.6 Å². The molecule has 0 unspecified atom stereocenters. The first-order chi connectivity index (χ1) is 5.95. The molecule has 2 N–H and O–H groups in total. The molecule has 0 spiro atoms. The third-order valence-electron chi connectivity index (χ3n) is 1.55. The van der Waals surface area contributed by atoms with E-state index in [1.807, 2.05) is 0 Å². The molecular formula is C7H11NO4S. The van der Waals surface area contributed by atoms with Crippen molar-refractivity contribution < 1.29 is 17.6 Å². The number of hydrogen-bond donors (Lipinski definition) is 1. The van der Waals surface area contributed by atoms with E-state index in [0.29, 0.717) is 11.3 Å². The largest absolute Gasteiger partial charge is 0.446 e. The van der Waals surface area contributed by atoms with E-state index < -0.39 is 10.0 Å². The summed E-state index contributed by atoms with van der Waals surface area (Å²) >= 11 is 0. The smallest absolute Gasteiger partial charge is 0.271 e. The average molecular weight is 205 g/mol. The van der Waals surface area contributed by atoms with Crippen molar-refractivity contribution in [1.29, 1.82) is 0 Å². The van der Waals surface area contributed by atoms with Crippen molar-refractivity contribution in [2.45, 2.75) is 18.6 Å². The molecule has 5 nitrogen and oxygen atoms in total. The van der Waals surface area contributed by atoms with Gasteiger partial charge in [0.15, 0.2) is 0 Å². The van der Waals surface area contributed by atoms with Crippen molar-refractivity contribution >= 4 is 10.0 Å². The number of hydrogen-bond acceptors (Lipinski definition) is 4. The van der Waals surface area contributed by atoms with Crippen molar-refractivity contribution in [2.24, 2.45) is 5.14 Å². The molecule has 0 atom stereocenters. The lowest BCUT2D eigenvalue weighted by Gasteiger charge is -1.94. The third kappa shape index (κ3) is 2.30. The second-order valence-corrected chi connectivity index (χ2v) is 4.14. The third-order valence-corrected chi connectivity index (χ3v) is 2.32. The quantitative estimate of drug-likeness (QED) is 0.773. The number of aryl methyl sites for hydroxylation is 1. The summed E-state index contributed by atoms with van der Waals surface area (Å²) in [6, 6.07) is 1.38. The second-order valence-electron chi connectivity index (χ2n) is 2.65. The summed E-state index contributed by atoms with van der Waals surface area (Å²) < 4.78 is 31.5. The Morgan fingerprint density at radius 1 is 1.62 bits per heavy atom. The van der Waals surface area contributed by atoms with Gasteiger partial charge in [0.05, 0.1) is 0 Å². The van der Waals surface area contributed by atoms with Crippen LogP contribution in [0.2, 0.25) is 0 Å². The minimum Gasteiger partial charge on any atom is -0.446 e. The monoisotopic (exact) mass is 205 g/mol. The van der Waals surface area contributed by atoms with Gasteiger partial charge < -0.3 is 9.15 Å². The first-order valence-corrected chi connectivity index (χ1v) is 5.11. The maximum Gasteiger partial charge on any atom is 0.271 e. The van der Waals surface area contributed by atoms with Gasteiger partial charge in [0.2, 0.25) is 5.09 Å². The minimum absolute atomic E-state index is 0.225. The number of sulfonamides is 1. The molecular weight excluding hydrogens is 194 g/mol. The fourth-order valence-corrected chi connectivity index (χ4v) is 1.46. The Hall–Kier alpha value is -0.850. The topological polar surface area (TPSA) is 82.5 Å². The van der Waals surface area contributed by atoms with Crippen LogP contribution in [0.4, 0.5) is 0 Å². The Morgan fingerprint density at radius 3 is 2.62 bits per heavy atom. The molecule has 0 aliphatic carbocycles. The van der Waals surface area contributed by atoms with Crippen LogP contribution in [0.25, 0.3) is 0 Å². The van der Waals surface area contributed by atoms with Crippen LogP contribution in [-0.4, -0.2) is 15.5 Å². The number of ether oxygens (including phenoxy) is 1. The summed E-state index contributed by atoms with van der Waals surface area (Å²) in [6.45, 7) is 1.97. The van der Waals surface area contributed by atoms with Crippen LogP contribution in [0.5, 0.6) is 0 Å². The van der Waals surface area contributed by atoms with E-state index in [9.17, 15) is 8.42 Å². The van der Waals surface area contributed by atoms with Crippen molar-refractivity contribution in [3.63, 3.8) is 0 Å². The fourth-order valence-electron chi connectivity index (χ4n) is 0.903. The molecule has 13 heavy (non-hydrogen) atoms. The Labute approximate surface area is 76.5 Å². The van der Waals surface area contributed by atoms with Crippen molar-refractivity contribution in [1.82, 2.24) is 0 Å². The SMILES string of the molecule is COCc1oc(S(N)(=O)=O)cc1C. The first kappa shape index (κ1) is 10.2. The second kappa shape index (κ2) is 3.49. The summed E-state index contributed by atoms with van der Waals surface area (Å²) in [6.07, 6.45) is 0. The lowest BCUT2D eigenvalue weighted by Crippen LogP contribution is -2.10. The van der Waals surface area contributed by atoms with E-state index in [2.05, 4.69) is 0 Å². The van der Waals surface area contributed by atoms with Crippen LogP contribution in [0.3, 0.4) is 0 Å². The van der Waals surface area contributed by atoms with Gasteiger partial charge in [-0.3, -0.25) is 0 Å². The van der Waals surface area contributed by atoms with Gasteiger partial charge in [0.1, 0.15) is 12.4 Å². The Balaban J connectivity index is 3.09. The average Bonchev–Trinajstić information content (AvgIpc) is 2.32. The van der Waals surface area contributed by atoms with Gasteiger partial charge >= 0.3 is 0 Å². The number of furan rings is 1. The highest BCUT2D eigenvalue weighted by atomic mass is 32.2. The Kier molecular flexibility index (Phi) is 2.74. The van der Waals surface area contributed by atoms with E-state index >= 15 is 0 Å². The molecule has 0 aliphatic heterocycles. The Bertz CT molecular complexity index is 393. The van der Waals surface area contributed by atoms with E-state index in [1.54, 1.807) is 6.92 Å². The summed E-state index contributed by atoms with van der Waals surface area (Å²) in [7, 11) is -2.25. The summed E-state index contributed by atoms with van der Waals surface area (Å²) in [4.78, 5) is 0. The highest BCUT2D eigenvalue weighted by Crippen LogP contribution is 2.18. The Morgan fingerprint density at radius 2 is 2.23 bits per heavy atom. The van der Waals surface area contributed by atoms with Crippen molar-refractivity contribution in [2.75, 3.05) is 7.11 Å². The van der Waals surface area contributed by atoms with Gasteiger partial charge in [0.25, 0.3) is 10.0 Å². The molecule has 74 valence electrons. The molecule has 0 saturated heterocycles. The van der Waals surface area contributed by atoms with Crippen LogP contribution in [0.1, 0.15) is 11.3 Å². The fraction of sp³-hybridized carbons (Fsp3) is 0.429. The minimum atomic E-state index is -3.75. The molecule has 0 radical (unpaired) electrons. The summed E-state index contributed by atoms with van der Waals surface area (Å²) in [5.41, 5.74) is 0.714. The zero-order valence-electron chi connectivity index (χ0n) is 7.40. The molecule has 0 aromatic carbocycles. The molecule has 0 aliphatic rings. The standard InChI is InChI=1S/C7H11NO4S/c1-5-3-7(13(8,9)10)12-6(5)4-11-2/h3H,4H2,1-2H3,(H2,8,9,10). The van der Waals surface area contributed by atoms with E-state index in [4.69, 9.17) is 14.3 Å². The zero-order chi connectivity index (χ0) is 10.1. The predicted octanol–water partition coefficient (Wildman–Crippen LogP) is 0.382. The van der Waals surface area contributed by atoms with E-state index in [-0.39, 0.29) is 11.7 Å². The molecule has 0 fully saturated rings. The van der Waals surface area contributed by atoms with Crippen LogP contribution in [-0.2, 0) is 21.4 Å². The van der Waals surface area contributed by atoms with E-state index in [0.717, 1.165) is 0 Å². The molecule has 0 bridgehead atoms. The normalized spacial score (nSPS) is 11.9. The first-order valence-electron chi connectivity index (χ1n) is 3.56. The van der Waals surface area contributed by atoms with Crippen molar-refractivity contribution in [3.8, 4) is 0 Å². The molecule has 6 heteroatoms. The van der Waals surface area contributed by atoms with Gasteiger partial charge in [0, 0.05) is 13.2 Å². The maximum absolute atomic E-state index is 10.8. The molecule has 1 heterocycles. The van der Waals surface area contributed by atoms with Crippen LogP contribution >= 0.6 is 0 Å². The molecule has 1 aromatic heterocycles. The van der Waals surface area contributed by atoms with E-state index in [1.165, 1.54) is 13.2 Å². The maximum atomic E-state index is 10.8. The highest BCUT2D eigenvalue weighted by Gasteiger charge is 2.15. The number of rotatable bonds is 3. The number of primary sulfonamides is 1. The number of nitrogens with two attached hydrogens (primary N) is 1. The molecule has 0 amide bonds. The molecule has 1 aromatic rings. The van der Waals surface area contributed by atoms with Gasteiger partial charge in [-0.2, -0.15) is 0 Å². The lowest BCUT2D eigenvalue weighted by molar-refractivity contribution is 0.158.